The lowest BCUT2D eigenvalue weighted by Gasteiger charge is -2.35. The average Bonchev–Trinajstić information content (AvgIpc) is 2.88. The second kappa shape index (κ2) is 7.98. The fourth-order valence-corrected chi connectivity index (χ4v) is 3.72. The molecule has 0 bridgehead atoms. The Kier molecular flexibility index (Phi) is 6.28. The summed E-state index contributed by atoms with van der Waals surface area (Å²) < 4.78 is 2.22. The summed E-state index contributed by atoms with van der Waals surface area (Å²) in [5.74, 6) is 1.64. The Bertz CT molecular complexity index is 422. The zero-order valence-electron chi connectivity index (χ0n) is 14.4. The number of rotatable bonds is 7. The number of nitrogens with one attached hydrogen (secondary N) is 1. The maximum atomic E-state index is 4.72. The first-order chi connectivity index (χ1) is 10.2. The minimum atomic E-state index is 0.700. The molecule has 3 heteroatoms. The van der Waals surface area contributed by atoms with E-state index in [9.17, 15) is 0 Å². The van der Waals surface area contributed by atoms with Crippen LogP contribution in [-0.2, 0) is 19.4 Å². The van der Waals surface area contributed by atoms with E-state index in [1.54, 1.807) is 0 Å². The lowest BCUT2D eigenvalue weighted by atomic mass is 9.76. The van der Waals surface area contributed by atoms with Gasteiger partial charge < -0.3 is 5.32 Å². The highest BCUT2D eigenvalue weighted by Crippen LogP contribution is 2.31. The molecule has 1 aromatic rings. The monoisotopic (exact) mass is 291 g/mol. The fraction of sp³-hybridized carbons (Fsp3) is 0.833. The van der Waals surface area contributed by atoms with Gasteiger partial charge in [0, 0.05) is 18.3 Å². The molecule has 1 heterocycles. The van der Waals surface area contributed by atoms with Crippen molar-refractivity contribution in [3.63, 3.8) is 0 Å². The van der Waals surface area contributed by atoms with Crippen molar-refractivity contribution < 1.29 is 0 Å². The van der Waals surface area contributed by atoms with Crippen LogP contribution < -0.4 is 5.32 Å². The second-order valence-corrected chi connectivity index (χ2v) is 6.74. The Balaban J connectivity index is 2.07. The third-order valence-electron chi connectivity index (χ3n) is 4.95. The van der Waals surface area contributed by atoms with Gasteiger partial charge in [0.05, 0.1) is 5.69 Å². The molecule has 1 aliphatic carbocycles. The molecule has 1 N–H and O–H groups in total. The first-order valence-electron chi connectivity index (χ1n) is 8.96. The van der Waals surface area contributed by atoms with E-state index in [-0.39, 0.29) is 0 Å². The number of hydrogen-bond donors (Lipinski definition) is 1. The summed E-state index contributed by atoms with van der Waals surface area (Å²) in [5, 5.41) is 8.51. The van der Waals surface area contributed by atoms with Crippen molar-refractivity contribution in [1.29, 1.82) is 0 Å². The predicted molar refractivity (Wildman–Crippen MR) is 89.6 cm³/mol. The first kappa shape index (κ1) is 16.5. The van der Waals surface area contributed by atoms with E-state index in [1.165, 1.54) is 43.5 Å². The van der Waals surface area contributed by atoms with Crippen molar-refractivity contribution in [3.05, 3.63) is 17.5 Å². The Morgan fingerprint density at radius 1 is 1.29 bits per heavy atom. The van der Waals surface area contributed by atoms with Gasteiger partial charge in [0.1, 0.15) is 0 Å². The third kappa shape index (κ3) is 4.32. The van der Waals surface area contributed by atoms with Crippen LogP contribution in [0.5, 0.6) is 0 Å². The molecule has 1 aliphatic rings. The van der Waals surface area contributed by atoms with Gasteiger partial charge in [0.15, 0.2) is 0 Å². The summed E-state index contributed by atoms with van der Waals surface area (Å²) in [6.07, 6.45) is 7.53. The molecule has 0 saturated heterocycles. The Labute approximate surface area is 130 Å². The maximum absolute atomic E-state index is 4.72. The lowest BCUT2D eigenvalue weighted by molar-refractivity contribution is 0.209. The molecular weight excluding hydrogens is 258 g/mol. The molecule has 2 rings (SSSR count). The zero-order chi connectivity index (χ0) is 15.2. The van der Waals surface area contributed by atoms with Crippen molar-refractivity contribution in [3.8, 4) is 0 Å². The summed E-state index contributed by atoms with van der Waals surface area (Å²) in [6, 6.07) is 3.03. The van der Waals surface area contributed by atoms with E-state index in [4.69, 9.17) is 5.10 Å². The number of nitrogens with zero attached hydrogens (tertiary/aromatic N) is 2. The van der Waals surface area contributed by atoms with Gasteiger partial charge in [-0.2, -0.15) is 5.10 Å². The van der Waals surface area contributed by atoms with Gasteiger partial charge in [0.2, 0.25) is 0 Å². The molecule has 1 aromatic heterocycles. The molecule has 0 spiro atoms. The standard InChI is InChI=1S/C18H33N3/c1-5-10-19-18-9-8-14(4)11-15(18)12-17-13-16(6-2)20-21(17)7-3/h13-15,18-19H,5-12H2,1-4H3. The van der Waals surface area contributed by atoms with E-state index in [0.29, 0.717) is 6.04 Å². The van der Waals surface area contributed by atoms with Crippen molar-refractivity contribution in [2.24, 2.45) is 11.8 Å². The largest absolute Gasteiger partial charge is 0.314 e. The maximum Gasteiger partial charge on any atom is 0.0624 e. The van der Waals surface area contributed by atoms with Crippen LogP contribution in [-0.4, -0.2) is 22.4 Å². The molecule has 3 nitrogen and oxygen atoms in total. The lowest BCUT2D eigenvalue weighted by Crippen LogP contribution is -2.41. The zero-order valence-corrected chi connectivity index (χ0v) is 14.4. The van der Waals surface area contributed by atoms with E-state index in [0.717, 1.165) is 31.3 Å². The molecule has 0 radical (unpaired) electrons. The van der Waals surface area contributed by atoms with Crippen LogP contribution in [0.1, 0.15) is 64.8 Å². The molecule has 3 atom stereocenters. The Morgan fingerprint density at radius 3 is 2.76 bits per heavy atom. The minimum absolute atomic E-state index is 0.700. The van der Waals surface area contributed by atoms with E-state index < -0.39 is 0 Å². The van der Waals surface area contributed by atoms with Gasteiger partial charge >= 0.3 is 0 Å². The molecule has 120 valence electrons. The van der Waals surface area contributed by atoms with Crippen LogP contribution in [0.15, 0.2) is 6.07 Å². The van der Waals surface area contributed by atoms with E-state index >= 15 is 0 Å². The fourth-order valence-electron chi connectivity index (χ4n) is 3.72. The molecule has 0 amide bonds. The van der Waals surface area contributed by atoms with Crippen LogP contribution in [0.2, 0.25) is 0 Å². The van der Waals surface area contributed by atoms with Crippen molar-refractivity contribution in [1.82, 2.24) is 15.1 Å². The topological polar surface area (TPSA) is 29.9 Å². The van der Waals surface area contributed by atoms with Crippen molar-refractivity contribution in [2.45, 2.75) is 78.8 Å². The first-order valence-corrected chi connectivity index (χ1v) is 8.96. The molecule has 3 unspecified atom stereocenters. The Hall–Kier alpha value is -0.830. The molecule has 1 saturated carbocycles. The minimum Gasteiger partial charge on any atom is -0.314 e. The van der Waals surface area contributed by atoms with Gasteiger partial charge in [-0.3, -0.25) is 4.68 Å². The van der Waals surface area contributed by atoms with Crippen LogP contribution in [0.3, 0.4) is 0 Å². The van der Waals surface area contributed by atoms with Gasteiger partial charge in [0.25, 0.3) is 0 Å². The molecular formula is C18H33N3. The number of aromatic nitrogens is 2. The van der Waals surface area contributed by atoms with Crippen molar-refractivity contribution in [2.75, 3.05) is 6.54 Å². The highest BCUT2D eigenvalue weighted by atomic mass is 15.3. The van der Waals surface area contributed by atoms with Gasteiger partial charge in [-0.1, -0.05) is 20.8 Å². The van der Waals surface area contributed by atoms with Gasteiger partial charge in [-0.25, -0.2) is 0 Å². The number of aryl methyl sites for hydroxylation is 2. The Morgan fingerprint density at radius 2 is 2.10 bits per heavy atom. The normalized spacial score (nSPS) is 26.2. The summed E-state index contributed by atoms with van der Waals surface area (Å²) >= 11 is 0. The highest BCUT2D eigenvalue weighted by molar-refractivity contribution is 5.12. The van der Waals surface area contributed by atoms with Crippen LogP contribution in [0, 0.1) is 11.8 Å². The van der Waals surface area contributed by atoms with E-state index in [2.05, 4.69) is 43.8 Å². The van der Waals surface area contributed by atoms with Gasteiger partial charge in [-0.05, 0) is 69.9 Å². The smallest absolute Gasteiger partial charge is 0.0624 e. The molecule has 0 aliphatic heterocycles. The van der Waals surface area contributed by atoms with E-state index in [1.807, 2.05) is 0 Å². The second-order valence-electron chi connectivity index (χ2n) is 6.74. The summed E-state index contributed by atoms with van der Waals surface area (Å²) in [6.45, 7) is 11.2. The summed E-state index contributed by atoms with van der Waals surface area (Å²) in [5.41, 5.74) is 2.69. The average molecular weight is 291 g/mol. The van der Waals surface area contributed by atoms with Crippen LogP contribution in [0.25, 0.3) is 0 Å². The van der Waals surface area contributed by atoms with Crippen LogP contribution in [0.4, 0.5) is 0 Å². The summed E-state index contributed by atoms with van der Waals surface area (Å²) in [4.78, 5) is 0. The van der Waals surface area contributed by atoms with Crippen LogP contribution >= 0.6 is 0 Å². The summed E-state index contributed by atoms with van der Waals surface area (Å²) in [7, 11) is 0. The predicted octanol–water partition coefficient (Wildman–Crippen LogP) is 3.81. The third-order valence-corrected chi connectivity index (χ3v) is 4.95. The van der Waals surface area contributed by atoms with Gasteiger partial charge in [-0.15, -0.1) is 0 Å². The quantitative estimate of drug-likeness (QED) is 0.828. The molecule has 1 fully saturated rings. The molecule has 0 aromatic carbocycles. The SMILES string of the molecule is CCCNC1CCC(C)CC1Cc1cc(CC)nn1CC. The number of hydrogen-bond acceptors (Lipinski definition) is 2. The highest BCUT2D eigenvalue weighted by Gasteiger charge is 2.29. The van der Waals surface area contributed by atoms with Crippen molar-refractivity contribution >= 4 is 0 Å². The molecule has 21 heavy (non-hydrogen) atoms.